The van der Waals surface area contributed by atoms with Gasteiger partial charge in [0.25, 0.3) is 0 Å². The lowest BCUT2D eigenvalue weighted by Gasteiger charge is -2.07. The number of rotatable bonds is 4. The van der Waals surface area contributed by atoms with Gasteiger partial charge in [-0.1, -0.05) is 11.8 Å². The summed E-state index contributed by atoms with van der Waals surface area (Å²) >= 11 is 1.62. The Balaban J connectivity index is 2.06. The molecule has 0 radical (unpaired) electrons. The van der Waals surface area contributed by atoms with Crippen molar-refractivity contribution in [1.29, 1.82) is 0 Å². The first kappa shape index (κ1) is 12.0. The Bertz CT molecular complexity index is 436. The van der Waals surface area contributed by atoms with Crippen LogP contribution >= 0.6 is 11.8 Å². The normalized spacial score (nSPS) is 13.6. The molecule has 0 spiro atoms. The number of amidine groups is 1. The van der Waals surface area contributed by atoms with Crippen LogP contribution in [0.25, 0.3) is 0 Å². The third kappa shape index (κ3) is 3.23. The number of ether oxygens (including phenoxy) is 2. The SMILES string of the molecule is COc1cc(CSC2=NCC=N2)cc(OC)c1. The zero-order chi connectivity index (χ0) is 12.1. The monoisotopic (exact) mass is 250 g/mol. The summed E-state index contributed by atoms with van der Waals surface area (Å²) in [5, 5.41) is 0.840. The van der Waals surface area contributed by atoms with Crippen LogP contribution < -0.4 is 9.47 Å². The lowest BCUT2D eigenvalue weighted by atomic mass is 10.2. The number of hydrogen-bond acceptors (Lipinski definition) is 5. The van der Waals surface area contributed by atoms with E-state index in [2.05, 4.69) is 9.98 Å². The average molecular weight is 250 g/mol. The van der Waals surface area contributed by atoms with E-state index in [9.17, 15) is 0 Å². The fourth-order valence-electron chi connectivity index (χ4n) is 1.46. The maximum absolute atomic E-state index is 5.22. The van der Waals surface area contributed by atoms with E-state index in [0.29, 0.717) is 6.54 Å². The van der Waals surface area contributed by atoms with E-state index < -0.39 is 0 Å². The molecule has 1 aliphatic heterocycles. The van der Waals surface area contributed by atoms with Crippen LogP contribution in [0.2, 0.25) is 0 Å². The molecule has 0 fully saturated rings. The maximum atomic E-state index is 5.22. The van der Waals surface area contributed by atoms with Gasteiger partial charge in [0.15, 0.2) is 5.17 Å². The minimum atomic E-state index is 0.698. The van der Waals surface area contributed by atoms with Crippen LogP contribution in [-0.4, -0.2) is 32.1 Å². The molecule has 0 saturated carbocycles. The van der Waals surface area contributed by atoms with E-state index >= 15 is 0 Å². The second-order valence-corrected chi connectivity index (χ2v) is 4.39. The van der Waals surface area contributed by atoms with Crippen LogP contribution in [-0.2, 0) is 5.75 Å². The second kappa shape index (κ2) is 5.72. The fraction of sp³-hybridized carbons (Fsp3) is 0.333. The summed E-state index contributed by atoms with van der Waals surface area (Å²) in [6, 6.07) is 5.85. The summed E-state index contributed by atoms with van der Waals surface area (Å²) in [5.41, 5.74) is 1.14. The summed E-state index contributed by atoms with van der Waals surface area (Å²) in [5.74, 6) is 2.41. The van der Waals surface area contributed by atoms with Gasteiger partial charge >= 0.3 is 0 Å². The minimum absolute atomic E-state index is 0.698. The van der Waals surface area contributed by atoms with Crippen LogP contribution in [0.4, 0.5) is 0 Å². The number of thioether (sulfide) groups is 1. The minimum Gasteiger partial charge on any atom is -0.497 e. The molecule has 0 unspecified atom stereocenters. The quantitative estimate of drug-likeness (QED) is 0.824. The predicted molar refractivity (Wildman–Crippen MR) is 71.6 cm³/mol. The summed E-state index contributed by atoms with van der Waals surface area (Å²) in [6.07, 6.45) is 1.81. The van der Waals surface area contributed by atoms with Gasteiger partial charge in [-0.3, -0.25) is 4.99 Å². The van der Waals surface area contributed by atoms with Crippen molar-refractivity contribution in [3.63, 3.8) is 0 Å². The predicted octanol–water partition coefficient (Wildman–Crippen LogP) is 2.38. The van der Waals surface area contributed by atoms with E-state index in [-0.39, 0.29) is 0 Å². The van der Waals surface area contributed by atoms with E-state index in [1.54, 1.807) is 26.0 Å². The molecule has 2 rings (SSSR count). The van der Waals surface area contributed by atoms with Gasteiger partial charge in [-0.15, -0.1) is 0 Å². The summed E-state index contributed by atoms with van der Waals surface area (Å²) in [6.45, 7) is 0.698. The van der Waals surface area contributed by atoms with Gasteiger partial charge in [0.1, 0.15) is 11.5 Å². The summed E-state index contributed by atoms with van der Waals surface area (Å²) in [7, 11) is 3.30. The molecule has 0 amide bonds. The topological polar surface area (TPSA) is 43.2 Å². The number of methoxy groups -OCH3 is 2. The van der Waals surface area contributed by atoms with Crippen molar-refractivity contribution in [2.24, 2.45) is 9.98 Å². The van der Waals surface area contributed by atoms with Crippen LogP contribution in [0.1, 0.15) is 5.56 Å². The maximum Gasteiger partial charge on any atom is 0.183 e. The molecule has 0 N–H and O–H groups in total. The molecule has 1 aliphatic rings. The van der Waals surface area contributed by atoms with Gasteiger partial charge in [0, 0.05) is 18.0 Å². The standard InChI is InChI=1S/C12H14N2O2S/c1-15-10-5-9(6-11(7-10)16-2)8-17-12-13-3-4-14-12/h3,5-7H,4,8H2,1-2H3. The summed E-state index contributed by atoms with van der Waals surface area (Å²) < 4.78 is 10.4. The molecule has 1 aromatic carbocycles. The van der Waals surface area contributed by atoms with Gasteiger partial charge in [-0.25, -0.2) is 4.99 Å². The second-order valence-electron chi connectivity index (χ2n) is 3.44. The molecule has 0 bridgehead atoms. The molecule has 90 valence electrons. The van der Waals surface area contributed by atoms with Crippen LogP contribution in [0.3, 0.4) is 0 Å². The van der Waals surface area contributed by atoms with Crippen molar-refractivity contribution in [3.05, 3.63) is 23.8 Å². The molecule has 0 aliphatic carbocycles. The Morgan fingerprint density at radius 1 is 1.18 bits per heavy atom. The Morgan fingerprint density at radius 2 is 1.88 bits per heavy atom. The van der Waals surface area contributed by atoms with Crippen LogP contribution in [0, 0.1) is 0 Å². The number of aliphatic imine (C=N–C) groups is 2. The highest BCUT2D eigenvalue weighted by Crippen LogP contribution is 2.26. The third-order valence-electron chi connectivity index (χ3n) is 2.29. The van der Waals surface area contributed by atoms with Gasteiger partial charge in [0.2, 0.25) is 0 Å². The van der Waals surface area contributed by atoms with Crippen molar-refractivity contribution in [2.75, 3.05) is 20.8 Å². The molecular formula is C12H14N2O2S. The molecular weight excluding hydrogens is 236 g/mol. The Morgan fingerprint density at radius 3 is 2.41 bits per heavy atom. The fourth-order valence-corrected chi connectivity index (χ4v) is 2.24. The molecule has 0 aromatic heterocycles. The van der Waals surface area contributed by atoms with E-state index in [4.69, 9.17) is 9.47 Å². The highest BCUT2D eigenvalue weighted by Gasteiger charge is 2.05. The van der Waals surface area contributed by atoms with Crippen LogP contribution in [0.5, 0.6) is 11.5 Å². The molecule has 1 heterocycles. The number of nitrogens with zero attached hydrogens (tertiary/aromatic N) is 2. The number of benzene rings is 1. The van der Waals surface area contributed by atoms with Crippen molar-refractivity contribution >= 4 is 23.1 Å². The van der Waals surface area contributed by atoms with Crippen molar-refractivity contribution in [2.45, 2.75) is 5.75 Å². The van der Waals surface area contributed by atoms with Gasteiger partial charge in [-0.05, 0) is 17.7 Å². The first-order chi connectivity index (χ1) is 8.31. The Kier molecular flexibility index (Phi) is 4.03. The molecule has 1 aromatic rings. The number of hydrogen-bond donors (Lipinski definition) is 0. The van der Waals surface area contributed by atoms with Gasteiger partial charge in [0.05, 0.1) is 20.8 Å². The van der Waals surface area contributed by atoms with Crippen molar-refractivity contribution < 1.29 is 9.47 Å². The van der Waals surface area contributed by atoms with Gasteiger partial charge in [-0.2, -0.15) is 0 Å². The summed E-state index contributed by atoms with van der Waals surface area (Å²) in [4.78, 5) is 8.39. The van der Waals surface area contributed by atoms with E-state index in [0.717, 1.165) is 28.0 Å². The third-order valence-corrected chi connectivity index (χ3v) is 3.26. The largest absolute Gasteiger partial charge is 0.497 e. The van der Waals surface area contributed by atoms with Crippen molar-refractivity contribution in [1.82, 2.24) is 0 Å². The molecule has 0 saturated heterocycles. The van der Waals surface area contributed by atoms with E-state index in [1.807, 2.05) is 24.4 Å². The molecule has 17 heavy (non-hydrogen) atoms. The van der Waals surface area contributed by atoms with Crippen LogP contribution in [0.15, 0.2) is 28.2 Å². The first-order valence-electron chi connectivity index (χ1n) is 5.23. The molecule has 5 heteroatoms. The zero-order valence-corrected chi connectivity index (χ0v) is 10.7. The molecule has 0 atom stereocenters. The Hall–Kier alpha value is -1.49. The molecule has 4 nitrogen and oxygen atoms in total. The zero-order valence-electron chi connectivity index (χ0n) is 9.84. The first-order valence-corrected chi connectivity index (χ1v) is 6.22. The lowest BCUT2D eigenvalue weighted by molar-refractivity contribution is 0.393. The highest BCUT2D eigenvalue weighted by atomic mass is 32.2. The highest BCUT2D eigenvalue weighted by molar-refractivity contribution is 8.13. The lowest BCUT2D eigenvalue weighted by Crippen LogP contribution is -1.91. The smallest absolute Gasteiger partial charge is 0.183 e. The Labute approximate surface area is 105 Å². The van der Waals surface area contributed by atoms with Crippen molar-refractivity contribution in [3.8, 4) is 11.5 Å². The van der Waals surface area contributed by atoms with Gasteiger partial charge < -0.3 is 9.47 Å². The van der Waals surface area contributed by atoms with E-state index in [1.165, 1.54) is 0 Å². The average Bonchev–Trinajstić information content (AvgIpc) is 2.89.